The number of hydrogen-bond donors (Lipinski definition) is 2. The molecule has 254 valence electrons. The minimum Gasteiger partial charge on any atom is -0.488 e. The lowest BCUT2D eigenvalue weighted by Gasteiger charge is -2.42. The fourth-order valence-corrected chi connectivity index (χ4v) is 7.85. The quantitative estimate of drug-likeness (QED) is 0.279. The Morgan fingerprint density at radius 1 is 1.02 bits per heavy atom. The highest BCUT2D eigenvalue weighted by atomic mass is 35.5. The summed E-state index contributed by atoms with van der Waals surface area (Å²) in [6.45, 7) is 10.6. The van der Waals surface area contributed by atoms with Gasteiger partial charge in [-0.25, -0.2) is 13.4 Å². The van der Waals surface area contributed by atoms with E-state index in [2.05, 4.69) is 49.7 Å². The first kappa shape index (κ1) is 33.5. The van der Waals surface area contributed by atoms with E-state index in [-0.39, 0.29) is 27.9 Å². The minimum absolute atomic E-state index is 0.0601. The molecule has 2 aliphatic carbocycles. The molecule has 3 aromatic rings. The number of hydrogen-bond acceptors (Lipinski definition) is 10. The molecule has 1 amide bonds. The number of nitrogens with zero attached hydrogens (tertiary/aromatic N) is 6. The number of rotatable bonds is 10. The summed E-state index contributed by atoms with van der Waals surface area (Å²) < 4.78 is 33.8. The summed E-state index contributed by atoms with van der Waals surface area (Å²) in [5, 5.41) is 10.1. The molecule has 47 heavy (non-hydrogen) atoms. The predicted molar refractivity (Wildman–Crippen MR) is 183 cm³/mol. The van der Waals surface area contributed by atoms with Crippen molar-refractivity contribution in [3.8, 4) is 5.75 Å². The van der Waals surface area contributed by atoms with Crippen LogP contribution in [0.1, 0.15) is 76.3 Å². The van der Waals surface area contributed by atoms with E-state index in [0.29, 0.717) is 23.6 Å². The van der Waals surface area contributed by atoms with E-state index in [4.69, 9.17) is 16.3 Å². The first-order valence-electron chi connectivity index (χ1n) is 16.5. The van der Waals surface area contributed by atoms with Crippen molar-refractivity contribution in [2.45, 2.75) is 94.6 Å². The molecular formula is C33H45ClN8O4S. The van der Waals surface area contributed by atoms with E-state index in [1.807, 2.05) is 4.90 Å². The number of aryl methyl sites for hydroxylation is 2. The van der Waals surface area contributed by atoms with Crippen LogP contribution >= 0.6 is 11.6 Å². The Hall–Kier alpha value is -3.42. The highest BCUT2D eigenvalue weighted by Gasteiger charge is 2.32. The van der Waals surface area contributed by atoms with Crippen molar-refractivity contribution in [2.24, 2.45) is 7.05 Å². The van der Waals surface area contributed by atoms with Crippen molar-refractivity contribution in [1.29, 1.82) is 0 Å². The second kappa shape index (κ2) is 13.6. The van der Waals surface area contributed by atoms with Gasteiger partial charge in [-0.15, -0.1) is 0 Å². The van der Waals surface area contributed by atoms with Crippen molar-refractivity contribution in [2.75, 3.05) is 36.8 Å². The first-order valence-corrected chi connectivity index (χ1v) is 18.5. The molecule has 6 rings (SSSR count). The van der Waals surface area contributed by atoms with Gasteiger partial charge in [0.15, 0.2) is 5.82 Å². The SMILES string of the molecule is CC(=O)N1CCN(C2CCC(c3cc(OC4CC4)c(Nc4ncc(Cl)c(Nc5cn(C)nc5S(=O)(=O)C(C)C)n4)cc3C)CC2)CC1. The molecule has 0 radical (unpaired) electrons. The molecule has 2 N–H and O–H groups in total. The molecule has 1 saturated heterocycles. The number of benzene rings is 1. The number of halogens is 1. The molecule has 3 heterocycles. The van der Waals surface area contributed by atoms with Crippen LogP contribution < -0.4 is 15.4 Å². The van der Waals surface area contributed by atoms with E-state index in [1.54, 1.807) is 34.0 Å². The van der Waals surface area contributed by atoms with Gasteiger partial charge in [0, 0.05) is 52.4 Å². The van der Waals surface area contributed by atoms with Crippen LogP contribution in [0.15, 0.2) is 29.6 Å². The zero-order valence-corrected chi connectivity index (χ0v) is 29.4. The molecule has 0 unspecified atom stereocenters. The lowest BCUT2D eigenvalue weighted by atomic mass is 9.79. The zero-order chi connectivity index (χ0) is 33.5. The molecule has 14 heteroatoms. The Morgan fingerprint density at radius 2 is 1.72 bits per heavy atom. The van der Waals surface area contributed by atoms with Crippen LogP contribution in [0.2, 0.25) is 5.02 Å². The molecule has 1 aliphatic heterocycles. The summed E-state index contributed by atoms with van der Waals surface area (Å²) in [4.78, 5) is 25.3. The molecule has 0 bridgehead atoms. The Labute approximate surface area is 282 Å². The summed E-state index contributed by atoms with van der Waals surface area (Å²) in [7, 11) is -1.99. The van der Waals surface area contributed by atoms with Gasteiger partial charge in [0.05, 0.1) is 28.9 Å². The Balaban J connectivity index is 1.18. The summed E-state index contributed by atoms with van der Waals surface area (Å²) in [5.74, 6) is 1.96. The highest BCUT2D eigenvalue weighted by molar-refractivity contribution is 7.92. The third-order valence-corrected chi connectivity index (χ3v) is 11.9. The number of anilines is 4. The predicted octanol–water partition coefficient (Wildman–Crippen LogP) is 5.57. The van der Waals surface area contributed by atoms with E-state index < -0.39 is 15.1 Å². The lowest BCUT2D eigenvalue weighted by molar-refractivity contribution is -0.131. The first-order chi connectivity index (χ1) is 22.4. The maximum Gasteiger partial charge on any atom is 0.229 e. The molecule has 2 saturated carbocycles. The largest absolute Gasteiger partial charge is 0.488 e. The van der Waals surface area contributed by atoms with Gasteiger partial charge < -0.3 is 20.3 Å². The molecular weight excluding hydrogens is 640 g/mol. The normalized spacial score (nSPS) is 20.8. The van der Waals surface area contributed by atoms with Crippen LogP contribution in [-0.4, -0.2) is 87.4 Å². The molecule has 3 fully saturated rings. The van der Waals surface area contributed by atoms with Crippen molar-refractivity contribution < 1.29 is 17.9 Å². The molecule has 2 aromatic heterocycles. The smallest absolute Gasteiger partial charge is 0.229 e. The second-order valence-corrected chi connectivity index (χ2v) is 16.2. The van der Waals surface area contributed by atoms with E-state index in [0.717, 1.165) is 76.1 Å². The van der Waals surface area contributed by atoms with Crippen LogP contribution in [0.4, 0.5) is 23.1 Å². The molecule has 0 spiro atoms. The van der Waals surface area contributed by atoms with Crippen molar-refractivity contribution in [3.63, 3.8) is 0 Å². The Morgan fingerprint density at radius 3 is 2.36 bits per heavy atom. The second-order valence-electron chi connectivity index (χ2n) is 13.3. The maximum absolute atomic E-state index is 13.0. The van der Waals surface area contributed by atoms with Crippen molar-refractivity contribution in [3.05, 3.63) is 40.7 Å². The number of sulfone groups is 1. The van der Waals surface area contributed by atoms with Gasteiger partial charge in [-0.2, -0.15) is 10.1 Å². The minimum atomic E-state index is -3.65. The van der Waals surface area contributed by atoms with E-state index in [9.17, 15) is 13.2 Å². The van der Waals surface area contributed by atoms with Gasteiger partial charge in [0.1, 0.15) is 10.8 Å². The number of amides is 1. The van der Waals surface area contributed by atoms with Crippen LogP contribution in [0.3, 0.4) is 0 Å². The van der Waals surface area contributed by atoms with Gasteiger partial charge in [-0.05, 0) is 88.5 Å². The molecule has 1 aromatic carbocycles. The Kier molecular flexibility index (Phi) is 9.69. The summed E-state index contributed by atoms with van der Waals surface area (Å²) in [6, 6.07) is 4.88. The van der Waals surface area contributed by atoms with E-state index >= 15 is 0 Å². The molecule has 3 aliphatic rings. The topological polar surface area (TPSA) is 135 Å². The zero-order valence-electron chi connectivity index (χ0n) is 27.8. The standard InChI is InChI=1S/C33H45ClN8O4S/c1-20(2)47(44,45)32-29(19-40(5)39-32)36-31-27(34)18-35-33(38-31)37-28-16-21(3)26(17-30(28)46-25-10-11-25)23-6-8-24(9-7-23)42-14-12-41(13-15-42)22(4)43/h16-20,23-25H,6-15H2,1-5H3,(H2,35,36,37,38). The van der Waals surface area contributed by atoms with Gasteiger partial charge in [-0.3, -0.25) is 14.4 Å². The monoisotopic (exact) mass is 684 g/mol. The summed E-state index contributed by atoms with van der Waals surface area (Å²) in [5.41, 5.74) is 3.56. The average Bonchev–Trinajstić information content (AvgIpc) is 3.78. The van der Waals surface area contributed by atoms with Gasteiger partial charge in [-0.1, -0.05) is 11.6 Å². The van der Waals surface area contributed by atoms with E-state index in [1.165, 1.54) is 22.0 Å². The number of carbonyl (C=O) groups excluding carboxylic acids is 1. The molecule has 0 atom stereocenters. The highest BCUT2D eigenvalue weighted by Crippen LogP contribution is 2.42. The number of aromatic nitrogens is 4. The van der Waals surface area contributed by atoms with Crippen molar-refractivity contribution in [1.82, 2.24) is 29.5 Å². The fraction of sp³-hybridized carbons (Fsp3) is 0.576. The lowest BCUT2D eigenvalue weighted by Crippen LogP contribution is -2.52. The number of piperazine rings is 1. The Bertz CT molecular complexity index is 1730. The number of nitrogens with one attached hydrogen (secondary N) is 2. The van der Waals surface area contributed by atoms with Gasteiger partial charge in [0.2, 0.25) is 26.7 Å². The average molecular weight is 685 g/mol. The maximum atomic E-state index is 13.0. The van der Waals surface area contributed by atoms with Gasteiger partial charge in [0.25, 0.3) is 0 Å². The third kappa shape index (κ3) is 7.52. The number of ether oxygens (including phenoxy) is 1. The fourth-order valence-electron chi connectivity index (χ4n) is 6.61. The van der Waals surface area contributed by atoms with Crippen LogP contribution in [0, 0.1) is 6.92 Å². The third-order valence-electron chi connectivity index (χ3n) is 9.53. The van der Waals surface area contributed by atoms with Crippen LogP contribution in [0.5, 0.6) is 5.75 Å². The summed E-state index contributed by atoms with van der Waals surface area (Å²) >= 11 is 6.47. The van der Waals surface area contributed by atoms with Gasteiger partial charge >= 0.3 is 0 Å². The number of carbonyl (C=O) groups is 1. The van der Waals surface area contributed by atoms with Crippen LogP contribution in [0.25, 0.3) is 0 Å². The summed E-state index contributed by atoms with van der Waals surface area (Å²) in [6.07, 6.45) is 9.86. The molecule has 12 nitrogen and oxygen atoms in total. The van der Waals surface area contributed by atoms with Crippen LogP contribution in [-0.2, 0) is 21.7 Å². The van der Waals surface area contributed by atoms with Crippen molar-refractivity contribution >= 4 is 50.5 Å².